The fourth-order valence-corrected chi connectivity index (χ4v) is 3.96. The molecular weight excluding hydrogens is 471 g/mol. The molecule has 2 N–H and O–H groups in total. The summed E-state index contributed by atoms with van der Waals surface area (Å²) in [5.74, 6) is 0.127. The smallest absolute Gasteiger partial charge is 0.321 e. The minimum atomic E-state index is -0.612. The highest BCUT2D eigenvalue weighted by atomic mass is 35.5. The predicted octanol–water partition coefficient (Wildman–Crippen LogP) is 4.24. The Balaban J connectivity index is 2.06. The van der Waals surface area contributed by atoms with Crippen LogP contribution >= 0.6 is 35.0 Å². The Morgan fingerprint density at radius 3 is 2.50 bits per heavy atom. The summed E-state index contributed by atoms with van der Waals surface area (Å²) in [5.41, 5.74) is 2.53. The Bertz CT molecular complexity index is 1150. The van der Waals surface area contributed by atoms with Crippen molar-refractivity contribution in [2.75, 3.05) is 26.0 Å². The maximum absolute atomic E-state index is 12.4. The molecule has 0 radical (unpaired) electrons. The summed E-state index contributed by atoms with van der Waals surface area (Å²) in [6.45, 7) is 1.68. The standard InChI is InChI=1S/C21H22Cl2N6O2S/c1-12(19(30)25-20(31)24-2)32-21-27-26-18(13-6-5-7-14(10-13)28(3)4)29(21)15-8-9-16(22)17(23)11-15/h5-12H,1-4H3,(H2,24,25,30,31)/t12-/m1/s1. The summed E-state index contributed by atoms with van der Waals surface area (Å²) in [7, 11) is 5.35. The number of nitrogens with one attached hydrogen (secondary N) is 2. The molecule has 0 unspecified atom stereocenters. The molecule has 0 aliphatic rings. The van der Waals surface area contributed by atoms with Gasteiger partial charge in [0.15, 0.2) is 11.0 Å². The van der Waals surface area contributed by atoms with Crippen molar-refractivity contribution in [2.45, 2.75) is 17.3 Å². The summed E-state index contributed by atoms with van der Waals surface area (Å²) >= 11 is 13.6. The predicted molar refractivity (Wildman–Crippen MR) is 129 cm³/mol. The van der Waals surface area contributed by atoms with E-state index in [2.05, 4.69) is 20.8 Å². The number of amides is 3. The van der Waals surface area contributed by atoms with Crippen LogP contribution in [0.1, 0.15) is 6.92 Å². The van der Waals surface area contributed by atoms with E-state index < -0.39 is 17.2 Å². The second-order valence-corrected chi connectivity index (χ2v) is 9.14. The van der Waals surface area contributed by atoms with Crippen molar-refractivity contribution >= 4 is 52.6 Å². The van der Waals surface area contributed by atoms with Crippen molar-refractivity contribution in [2.24, 2.45) is 0 Å². The summed E-state index contributed by atoms with van der Waals surface area (Å²) < 4.78 is 1.81. The number of rotatable bonds is 6. The first kappa shape index (κ1) is 23.9. The van der Waals surface area contributed by atoms with Crippen molar-refractivity contribution < 1.29 is 9.59 Å². The van der Waals surface area contributed by atoms with Crippen molar-refractivity contribution in [3.63, 3.8) is 0 Å². The zero-order valence-electron chi connectivity index (χ0n) is 17.9. The zero-order chi connectivity index (χ0) is 23.4. The Hall–Kier alpha value is -2.75. The van der Waals surface area contributed by atoms with Gasteiger partial charge in [-0.25, -0.2) is 4.79 Å². The highest BCUT2D eigenvalue weighted by Crippen LogP contribution is 2.33. The van der Waals surface area contributed by atoms with E-state index in [0.717, 1.165) is 11.3 Å². The molecule has 0 fully saturated rings. The molecule has 0 saturated carbocycles. The lowest BCUT2D eigenvalue weighted by molar-refractivity contribution is -0.119. The number of aromatic nitrogens is 3. The lowest BCUT2D eigenvalue weighted by atomic mass is 10.1. The third kappa shape index (κ3) is 5.35. The molecular formula is C21H22Cl2N6O2S. The van der Waals surface area contributed by atoms with Gasteiger partial charge in [0.1, 0.15) is 0 Å². The Kier molecular flexibility index (Phi) is 7.65. The number of thioether (sulfide) groups is 1. The van der Waals surface area contributed by atoms with Gasteiger partial charge in [-0.05, 0) is 37.3 Å². The van der Waals surface area contributed by atoms with Crippen LogP contribution in [0.5, 0.6) is 0 Å². The lowest BCUT2D eigenvalue weighted by Crippen LogP contribution is -2.41. The minimum absolute atomic E-state index is 0.382. The largest absolute Gasteiger partial charge is 0.378 e. The number of carbonyl (C=O) groups is 2. The Morgan fingerprint density at radius 2 is 1.84 bits per heavy atom. The molecule has 11 heteroatoms. The number of halogens is 2. The Labute approximate surface area is 200 Å². The van der Waals surface area contributed by atoms with Crippen molar-refractivity contribution in [1.29, 1.82) is 0 Å². The van der Waals surface area contributed by atoms with Crippen LogP contribution in [0.3, 0.4) is 0 Å². The van der Waals surface area contributed by atoms with Gasteiger partial charge < -0.3 is 10.2 Å². The molecule has 1 heterocycles. The highest BCUT2D eigenvalue weighted by molar-refractivity contribution is 8.00. The number of imide groups is 1. The van der Waals surface area contributed by atoms with Gasteiger partial charge in [-0.15, -0.1) is 10.2 Å². The van der Waals surface area contributed by atoms with Crippen LogP contribution < -0.4 is 15.5 Å². The summed E-state index contributed by atoms with van der Waals surface area (Å²) in [6.07, 6.45) is 0. The van der Waals surface area contributed by atoms with Crippen LogP contribution in [-0.4, -0.2) is 53.1 Å². The van der Waals surface area contributed by atoms with Crippen LogP contribution in [0.4, 0.5) is 10.5 Å². The number of hydrogen-bond donors (Lipinski definition) is 2. The lowest BCUT2D eigenvalue weighted by Gasteiger charge is -2.16. The quantitative estimate of drug-likeness (QED) is 0.499. The molecule has 168 valence electrons. The molecule has 0 saturated heterocycles. The number of hydrogen-bond acceptors (Lipinski definition) is 6. The third-order valence-electron chi connectivity index (χ3n) is 4.53. The fourth-order valence-electron chi connectivity index (χ4n) is 2.80. The number of urea groups is 1. The van der Waals surface area contributed by atoms with Gasteiger partial charge >= 0.3 is 6.03 Å². The zero-order valence-corrected chi connectivity index (χ0v) is 20.2. The van der Waals surface area contributed by atoms with E-state index in [1.807, 2.05) is 47.8 Å². The molecule has 3 aromatic rings. The minimum Gasteiger partial charge on any atom is -0.378 e. The second kappa shape index (κ2) is 10.2. The number of anilines is 1. The average molecular weight is 493 g/mol. The number of benzene rings is 2. The number of nitrogens with zero attached hydrogens (tertiary/aromatic N) is 4. The van der Waals surface area contributed by atoms with E-state index in [9.17, 15) is 9.59 Å². The normalized spacial score (nSPS) is 11.7. The fraction of sp³-hybridized carbons (Fsp3) is 0.238. The second-order valence-electron chi connectivity index (χ2n) is 7.01. The first-order chi connectivity index (χ1) is 15.2. The Morgan fingerprint density at radius 1 is 1.09 bits per heavy atom. The molecule has 0 spiro atoms. The molecule has 1 aromatic heterocycles. The maximum Gasteiger partial charge on any atom is 0.321 e. The SMILES string of the molecule is CNC(=O)NC(=O)[C@@H](C)Sc1nnc(-c2cccc(N(C)C)c2)n1-c1ccc(Cl)c(Cl)c1. The van der Waals surface area contributed by atoms with Gasteiger partial charge in [0.2, 0.25) is 5.91 Å². The van der Waals surface area contributed by atoms with Gasteiger partial charge in [-0.3, -0.25) is 14.7 Å². The topological polar surface area (TPSA) is 92.2 Å². The number of carbonyl (C=O) groups excluding carboxylic acids is 2. The van der Waals surface area contributed by atoms with Crippen molar-refractivity contribution in [1.82, 2.24) is 25.4 Å². The van der Waals surface area contributed by atoms with Gasteiger partial charge in [-0.2, -0.15) is 0 Å². The molecule has 2 aromatic carbocycles. The third-order valence-corrected chi connectivity index (χ3v) is 6.31. The summed E-state index contributed by atoms with van der Waals surface area (Å²) in [6, 6.07) is 12.5. The van der Waals surface area contributed by atoms with Crippen LogP contribution in [0, 0.1) is 0 Å². The van der Waals surface area contributed by atoms with Crippen molar-refractivity contribution in [3.05, 3.63) is 52.5 Å². The molecule has 3 amide bonds. The monoisotopic (exact) mass is 492 g/mol. The first-order valence-electron chi connectivity index (χ1n) is 9.59. The maximum atomic E-state index is 12.4. The van der Waals surface area contributed by atoms with E-state index in [-0.39, 0.29) is 0 Å². The summed E-state index contributed by atoms with van der Waals surface area (Å²) in [5, 5.41) is 14.0. The molecule has 1 atom stereocenters. The van der Waals surface area contributed by atoms with Gasteiger partial charge in [0, 0.05) is 32.4 Å². The van der Waals surface area contributed by atoms with Crippen molar-refractivity contribution in [3.8, 4) is 17.1 Å². The van der Waals surface area contributed by atoms with Gasteiger partial charge in [0.05, 0.1) is 21.0 Å². The van der Waals surface area contributed by atoms with Crippen LogP contribution in [-0.2, 0) is 4.79 Å². The van der Waals surface area contributed by atoms with E-state index in [4.69, 9.17) is 23.2 Å². The molecule has 8 nitrogen and oxygen atoms in total. The molecule has 32 heavy (non-hydrogen) atoms. The molecule has 3 rings (SSSR count). The van der Waals surface area contributed by atoms with E-state index in [0.29, 0.717) is 26.7 Å². The molecule has 0 aliphatic heterocycles. The van der Waals surface area contributed by atoms with Crippen LogP contribution in [0.25, 0.3) is 17.1 Å². The first-order valence-corrected chi connectivity index (χ1v) is 11.2. The summed E-state index contributed by atoms with van der Waals surface area (Å²) in [4.78, 5) is 25.9. The van der Waals surface area contributed by atoms with Gasteiger partial charge in [0.25, 0.3) is 0 Å². The van der Waals surface area contributed by atoms with E-state index in [1.165, 1.54) is 18.8 Å². The van der Waals surface area contributed by atoms with E-state index in [1.54, 1.807) is 25.1 Å². The van der Waals surface area contributed by atoms with Crippen LogP contribution in [0.2, 0.25) is 10.0 Å². The van der Waals surface area contributed by atoms with E-state index >= 15 is 0 Å². The van der Waals surface area contributed by atoms with Gasteiger partial charge in [-0.1, -0.05) is 47.1 Å². The average Bonchev–Trinajstić information content (AvgIpc) is 3.18. The molecule has 0 bridgehead atoms. The van der Waals surface area contributed by atoms with Crippen LogP contribution in [0.15, 0.2) is 47.6 Å². The molecule has 0 aliphatic carbocycles. The highest BCUT2D eigenvalue weighted by Gasteiger charge is 2.23.